The number of carbonyl (C=O) groups excluding carboxylic acids is 1. The Morgan fingerprint density at radius 2 is 2.23 bits per heavy atom. The van der Waals surface area contributed by atoms with Crippen LogP contribution in [0.4, 0.5) is 0 Å². The maximum Gasteiger partial charge on any atom is 0.165 e. The molecule has 0 spiro atoms. The van der Waals surface area contributed by atoms with Gasteiger partial charge in [0.25, 0.3) is 0 Å². The van der Waals surface area contributed by atoms with Crippen molar-refractivity contribution in [3.63, 3.8) is 0 Å². The fourth-order valence-electron chi connectivity index (χ4n) is 0.941. The minimum Gasteiger partial charge on any atom is -0.396 e. The highest BCUT2D eigenvalue weighted by molar-refractivity contribution is 5.79. The van der Waals surface area contributed by atoms with Crippen LogP contribution in [0.5, 0.6) is 0 Å². The van der Waals surface area contributed by atoms with Crippen LogP contribution in [0, 0.1) is 13.8 Å². The SMILES string of the molecule is Cc1cnc(C=C(N)C=O)c(C)n1. The molecule has 0 aliphatic rings. The predicted molar refractivity (Wildman–Crippen MR) is 49.7 cm³/mol. The summed E-state index contributed by atoms with van der Waals surface area (Å²) in [4.78, 5) is 18.5. The van der Waals surface area contributed by atoms with E-state index in [4.69, 9.17) is 5.73 Å². The van der Waals surface area contributed by atoms with Gasteiger partial charge in [-0.05, 0) is 19.9 Å². The second kappa shape index (κ2) is 3.80. The summed E-state index contributed by atoms with van der Waals surface area (Å²) in [6.45, 7) is 3.68. The zero-order chi connectivity index (χ0) is 9.84. The molecule has 0 aliphatic carbocycles. The van der Waals surface area contributed by atoms with Gasteiger partial charge in [-0.25, -0.2) is 0 Å². The summed E-state index contributed by atoms with van der Waals surface area (Å²) in [5.41, 5.74) is 7.74. The van der Waals surface area contributed by atoms with E-state index in [9.17, 15) is 4.79 Å². The average molecular weight is 177 g/mol. The molecule has 0 unspecified atom stereocenters. The molecule has 4 heteroatoms. The number of aromatic nitrogens is 2. The molecular formula is C9H11N3O. The molecule has 0 saturated carbocycles. The van der Waals surface area contributed by atoms with Crippen LogP contribution in [-0.4, -0.2) is 16.3 Å². The van der Waals surface area contributed by atoms with Crippen molar-refractivity contribution in [1.29, 1.82) is 0 Å². The van der Waals surface area contributed by atoms with Gasteiger partial charge in [-0.2, -0.15) is 0 Å². The lowest BCUT2D eigenvalue weighted by molar-refractivity contribution is -0.104. The van der Waals surface area contributed by atoms with Gasteiger partial charge in [0.2, 0.25) is 0 Å². The van der Waals surface area contributed by atoms with E-state index in [1.807, 2.05) is 13.8 Å². The monoisotopic (exact) mass is 177 g/mol. The Morgan fingerprint density at radius 1 is 1.54 bits per heavy atom. The molecule has 0 saturated heterocycles. The Kier molecular flexibility index (Phi) is 2.74. The molecule has 0 aliphatic heterocycles. The van der Waals surface area contributed by atoms with Gasteiger partial charge in [0.15, 0.2) is 6.29 Å². The fraction of sp³-hybridized carbons (Fsp3) is 0.222. The molecule has 0 amide bonds. The standard InChI is InChI=1S/C9H11N3O/c1-6-4-11-9(7(2)12-6)3-8(10)5-13/h3-5H,10H2,1-2H3. The molecule has 0 bridgehead atoms. The fourth-order valence-corrected chi connectivity index (χ4v) is 0.941. The molecule has 2 N–H and O–H groups in total. The molecule has 1 rings (SSSR count). The van der Waals surface area contributed by atoms with Gasteiger partial charge < -0.3 is 5.73 Å². The zero-order valence-corrected chi connectivity index (χ0v) is 7.61. The Morgan fingerprint density at radius 3 is 2.77 bits per heavy atom. The normalized spacial score (nSPS) is 11.4. The quantitative estimate of drug-likeness (QED) is 0.530. The molecule has 0 radical (unpaired) electrons. The van der Waals surface area contributed by atoms with E-state index < -0.39 is 0 Å². The first-order chi connectivity index (χ1) is 6.13. The van der Waals surface area contributed by atoms with E-state index >= 15 is 0 Å². The number of aryl methyl sites for hydroxylation is 2. The average Bonchev–Trinajstić information content (AvgIpc) is 2.09. The zero-order valence-electron chi connectivity index (χ0n) is 7.61. The number of carbonyl (C=O) groups is 1. The van der Waals surface area contributed by atoms with Crippen LogP contribution >= 0.6 is 0 Å². The van der Waals surface area contributed by atoms with Crippen LogP contribution in [0.15, 0.2) is 11.9 Å². The number of nitrogens with zero attached hydrogens (tertiary/aromatic N) is 2. The molecule has 1 aromatic heterocycles. The highest BCUT2D eigenvalue weighted by Crippen LogP contribution is 2.04. The van der Waals surface area contributed by atoms with E-state index in [0.717, 1.165) is 11.4 Å². The van der Waals surface area contributed by atoms with Gasteiger partial charge in [-0.3, -0.25) is 14.8 Å². The lowest BCUT2D eigenvalue weighted by Crippen LogP contribution is -2.00. The lowest BCUT2D eigenvalue weighted by Gasteiger charge is -1.99. The third-order valence-corrected chi connectivity index (χ3v) is 1.54. The van der Waals surface area contributed by atoms with Gasteiger partial charge >= 0.3 is 0 Å². The van der Waals surface area contributed by atoms with Gasteiger partial charge in [0.05, 0.1) is 22.8 Å². The molecule has 13 heavy (non-hydrogen) atoms. The predicted octanol–water partition coefficient (Wildman–Crippen LogP) is 0.592. The molecule has 0 aromatic carbocycles. The van der Waals surface area contributed by atoms with E-state index in [1.165, 1.54) is 6.08 Å². The van der Waals surface area contributed by atoms with Crippen molar-refractivity contribution in [1.82, 2.24) is 9.97 Å². The summed E-state index contributed by atoms with van der Waals surface area (Å²) >= 11 is 0. The highest BCUT2D eigenvalue weighted by Gasteiger charge is 1.98. The van der Waals surface area contributed by atoms with Gasteiger partial charge in [-0.15, -0.1) is 0 Å². The molecule has 4 nitrogen and oxygen atoms in total. The van der Waals surface area contributed by atoms with Crippen molar-refractivity contribution in [3.05, 3.63) is 29.0 Å². The van der Waals surface area contributed by atoms with Gasteiger partial charge in [0.1, 0.15) is 0 Å². The Hall–Kier alpha value is -1.71. The summed E-state index contributed by atoms with van der Waals surface area (Å²) in [6.07, 6.45) is 3.73. The first-order valence-corrected chi connectivity index (χ1v) is 3.86. The third-order valence-electron chi connectivity index (χ3n) is 1.54. The Labute approximate surface area is 76.5 Å². The molecule has 0 fully saturated rings. The van der Waals surface area contributed by atoms with E-state index in [-0.39, 0.29) is 5.70 Å². The molecule has 68 valence electrons. The Balaban J connectivity index is 3.09. The molecular weight excluding hydrogens is 166 g/mol. The van der Waals surface area contributed by atoms with Crippen molar-refractivity contribution < 1.29 is 4.79 Å². The van der Waals surface area contributed by atoms with Crippen molar-refractivity contribution >= 4 is 12.4 Å². The van der Waals surface area contributed by atoms with Crippen LogP contribution in [-0.2, 0) is 4.79 Å². The number of nitrogens with two attached hydrogens (primary N) is 1. The topological polar surface area (TPSA) is 68.9 Å². The number of hydrogen-bond acceptors (Lipinski definition) is 4. The first-order valence-electron chi connectivity index (χ1n) is 3.86. The van der Waals surface area contributed by atoms with Gasteiger partial charge in [-0.1, -0.05) is 0 Å². The van der Waals surface area contributed by atoms with E-state index in [0.29, 0.717) is 12.0 Å². The number of allylic oxidation sites excluding steroid dienone is 1. The number of aldehydes is 1. The summed E-state index contributed by atoms with van der Waals surface area (Å²) in [6, 6.07) is 0. The molecule has 1 aromatic rings. The van der Waals surface area contributed by atoms with Crippen molar-refractivity contribution in [2.45, 2.75) is 13.8 Å². The molecule has 1 heterocycles. The van der Waals surface area contributed by atoms with Crippen molar-refractivity contribution in [3.8, 4) is 0 Å². The molecule has 0 atom stereocenters. The van der Waals surface area contributed by atoms with Crippen molar-refractivity contribution in [2.75, 3.05) is 0 Å². The number of hydrogen-bond donors (Lipinski definition) is 1. The maximum absolute atomic E-state index is 10.2. The summed E-state index contributed by atoms with van der Waals surface area (Å²) in [5, 5.41) is 0. The summed E-state index contributed by atoms with van der Waals surface area (Å²) < 4.78 is 0. The minimum atomic E-state index is 0.154. The summed E-state index contributed by atoms with van der Waals surface area (Å²) in [7, 11) is 0. The van der Waals surface area contributed by atoms with Crippen LogP contribution in [0.3, 0.4) is 0 Å². The second-order valence-corrected chi connectivity index (χ2v) is 2.74. The Bertz CT molecular complexity index is 358. The van der Waals surface area contributed by atoms with Crippen LogP contribution < -0.4 is 5.73 Å². The second-order valence-electron chi connectivity index (χ2n) is 2.74. The number of rotatable bonds is 2. The maximum atomic E-state index is 10.2. The van der Waals surface area contributed by atoms with Gasteiger partial charge in [0, 0.05) is 6.20 Å². The summed E-state index contributed by atoms with van der Waals surface area (Å²) in [5.74, 6) is 0. The first kappa shape index (κ1) is 9.38. The largest absolute Gasteiger partial charge is 0.396 e. The van der Waals surface area contributed by atoms with E-state index in [2.05, 4.69) is 9.97 Å². The smallest absolute Gasteiger partial charge is 0.165 e. The van der Waals surface area contributed by atoms with Crippen molar-refractivity contribution in [2.24, 2.45) is 5.73 Å². The minimum absolute atomic E-state index is 0.154. The van der Waals surface area contributed by atoms with Crippen LogP contribution in [0.2, 0.25) is 0 Å². The third kappa shape index (κ3) is 2.37. The lowest BCUT2D eigenvalue weighted by atomic mass is 10.2. The van der Waals surface area contributed by atoms with E-state index in [1.54, 1.807) is 6.20 Å². The van der Waals surface area contributed by atoms with Crippen LogP contribution in [0.1, 0.15) is 17.1 Å². The highest BCUT2D eigenvalue weighted by atomic mass is 16.1. The van der Waals surface area contributed by atoms with Crippen LogP contribution in [0.25, 0.3) is 6.08 Å².